The molecule has 10 heteroatoms. The molecule has 0 bridgehead atoms. The van der Waals surface area contributed by atoms with Gasteiger partial charge in [0.25, 0.3) is 0 Å². The summed E-state index contributed by atoms with van der Waals surface area (Å²) < 4.78 is 0. The molecule has 0 aromatic heterocycles. The predicted octanol–water partition coefficient (Wildman–Crippen LogP) is -0.469. The number of aliphatic carboxylic acids is 4. The van der Waals surface area contributed by atoms with Crippen LogP contribution in [0.1, 0.15) is 38.5 Å². The molecule has 0 rings (SSSR count). The number of rotatable bonds is 12. The average Bonchev–Trinajstić information content (AvgIpc) is 2.37. The first kappa shape index (κ1) is 20.6. The van der Waals surface area contributed by atoms with E-state index in [2.05, 4.69) is 11.7 Å². The van der Waals surface area contributed by atoms with E-state index in [1.165, 1.54) is 0 Å². The van der Waals surface area contributed by atoms with Crippen LogP contribution in [0.2, 0.25) is 0 Å². The van der Waals surface area contributed by atoms with Crippen LogP contribution in [0, 0.1) is 0 Å². The maximum Gasteiger partial charge on any atom is 0.358 e. The van der Waals surface area contributed by atoms with Crippen LogP contribution in [0.5, 0.6) is 0 Å². The SMILES string of the molecule is O=C(O)CCCC(C(=O)[O-])[S+](S)C(CCCC(=O)O)C(=O)O. The fraction of sp³-hybridized carbons (Fsp3) is 0.667. The van der Waals surface area contributed by atoms with Crippen LogP contribution in [-0.4, -0.2) is 49.7 Å². The second-order valence-electron chi connectivity index (χ2n) is 4.55. The van der Waals surface area contributed by atoms with Crippen LogP contribution in [0.25, 0.3) is 0 Å². The molecule has 8 nitrogen and oxygen atoms in total. The minimum absolute atomic E-state index is 0.0169. The van der Waals surface area contributed by atoms with E-state index in [1.807, 2.05) is 0 Å². The quantitative estimate of drug-likeness (QED) is 0.208. The average molecular weight is 354 g/mol. The third-order valence-electron chi connectivity index (χ3n) is 2.84. The highest BCUT2D eigenvalue weighted by Crippen LogP contribution is 2.25. The van der Waals surface area contributed by atoms with Crippen molar-refractivity contribution < 1.29 is 39.6 Å². The monoisotopic (exact) mass is 354 g/mol. The predicted molar refractivity (Wildman–Crippen MR) is 79.5 cm³/mol. The standard InChI is InChI=1S/C12H18O8S2/c13-9(14)5-1-3-7(11(17)18)22(21)8(12(19)20)4-2-6-10(15)16/h7-8,21H,1-6H2,(H3-,13,14,15,16,17,18,19,20). The Bertz CT molecular complexity index is 387. The number of carboxylic acid groups (broad SMARTS) is 4. The van der Waals surface area contributed by atoms with Crippen LogP contribution in [-0.2, 0) is 29.1 Å². The first-order valence-corrected chi connectivity index (χ1v) is 8.85. The third-order valence-corrected chi connectivity index (χ3v) is 6.39. The van der Waals surface area contributed by atoms with Crippen molar-refractivity contribution in [1.29, 1.82) is 0 Å². The van der Waals surface area contributed by atoms with Gasteiger partial charge in [-0.2, -0.15) is 0 Å². The molecule has 0 aliphatic rings. The molecule has 0 aromatic carbocycles. The van der Waals surface area contributed by atoms with Crippen molar-refractivity contribution in [2.75, 3.05) is 0 Å². The van der Waals surface area contributed by atoms with Crippen LogP contribution in [0.4, 0.5) is 0 Å². The molecule has 0 aromatic rings. The first-order chi connectivity index (χ1) is 10.2. The van der Waals surface area contributed by atoms with Gasteiger partial charge in [-0.25, -0.2) is 4.79 Å². The van der Waals surface area contributed by atoms with Crippen LogP contribution in [0.15, 0.2) is 0 Å². The highest BCUT2D eigenvalue weighted by atomic mass is 33.1. The van der Waals surface area contributed by atoms with E-state index < -0.39 is 44.3 Å². The number of carbonyl (C=O) groups is 4. The van der Waals surface area contributed by atoms with E-state index in [0.29, 0.717) is 0 Å². The molecule has 22 heavy (non-hydrogen) atoms. The topological polar surface area (TPSA) is 152 Å². The molecule has 3 N–H and O–H groups in total. The molecule has 3 unspecified atom stereocenters. The van der Waals surface area contributed by atoms with E-state index in [1.54, 1.807) is 0 Å². The molecule has 0 radical (unpaired) electrons. The van der Waals surface area contributed by atoms with Crippen molar-refractivity contribution in [3.05, 3.63) is 0 Å². The van der Waals surface area contributed by atoms with Gasteiger partial charge in [-0.05, 0) is 12.8 Å². The van der Waals surface area contributed by atoms with Crippen molar-refractivity contribution in [2.45, 2.75) is 49.0 Å². The van der Waals surface area contributed by atoms with E-state index in [4.69, 9.17) is 15.3 Å². The fourth-order valence-electron chi connectivity index (χ4n) is 1.76. The van der Waals surface area contributed by atoms with E-state index in [-0.39, 0.29) is 38.5 Å². The molecule has 3 atom stereocenters. The zero-order valence-electron chi connectivity index (χ0n) is 11.6. The van der Waals surface area contributed by atoms with Crippen molar-refractivity contribution >= 4 is 45.5 Å². The molecule has 0 saturated heterocycles. The summed E-state index contributed by atoms with van der Waals surface area (Å²) in [5.74, 6) is -4.88. The summed E-state index contributed by atoms with van der Waals surface area (Å²) in [5.41, 5.74) is 0. The Morgan fingerprint density at radius 2 is 1.32 bits per heavy atom. The number of carbonyl (C=O) groups excluding carboxylic acids is 1. The Morgan fingerprint density at radius 3 is 1.64 bits per heavy atom. The van der Waals surface area contributed by atoms with E-state index in [0.717, 1.165) is 0 Å². The zero-order valence-corrected chi connectivity index (χ0v) is 13.3. The van der Waals surface area contributed by atoms with Crippen molar-refractivity contribution in [2.24, 2.45) is 0 Å². The number of thiol groups is 1. The molecule has 0 heterocycles. The van der Waals surface area contributed by atoms with Crippen molar-refractivity contribution in [1.82, 2.24) is 0 Å². The lowest BCUT2D eigenvalue weighted by Gasteiger charge is -2.20. The van der Waals surface area contributed by atoms with Crippen LogP contribution in [0.3, 0.4) is 0 Å². The number of hydrogen-bond donors (Lipinski definition) is 4. The van der Waals surface area contributed by atoms with Crippen LogP contribution < -0.4 is 5.11 Å². The Kier molecular flexibility index (Phi) is 9.66. The molecule has 126 valence electrons. The maximum absolute atomic E-state index is 11.2. The molecule has 0 amide bonds. The second-order valence-corrected chi connectivity index (χ2v) is 7.65. The summed E-state index contributed by atoms with van der Waals surface area (Å²) in [6, 6.07) is 0. The summed E-state index contributed by atoms with van der Waals surface area (Å²) in [5, 5.41) is 35.1. The van der Waals surface area contributed by atoms with E-state index >= 15 is 0 Å². The Balaban J connectivity index is 4.76. The van der Waals surface area contributed by atoms with Gasteiger partial charge in [0.15, 0.2) is 5.25 Å². The lowest BCUT2D eigenvalue weighted by Crippen LogP contribution is -2.45. The summed E-state index contributed by atoms with van der Waals surface area (Å²) in [4.78, 5) is 43.2. The summed E-state index contributed by atoms with van der Waals surface area (Å²) >= 11 is 4.08. The first-order valence-electron chi connectivity index (χ1n) is 6.45. The van der Waals surface area contributed by atoms with Gasteiger partial charge in [0, 0.05) is 25.7 Å². The Labute approximate surface area is 134 Å². The smallest absolute Gasteiger partial charge is 0.358 e. The van der Waals surface area contributed by atoms with Gasteiger partial charge in [0.2, 0.25) is 5.25 Å². The van der Waals surface area contributed by atoms with Crippen molar-refractivity contribution in [3.63, 3.8) is 0 Å². The van der Waals surface area contributed by atoms with Gasteiger partial charge in [0.05, 0.1) is 27.6 Å². The molecule has 0 spiro atoms. The summed E-state index contributed by atoms with van der Waals surface area (Å²) in [6.07, 6.45) is -0.360. The fourth-order valence-corrected chi connectivity index (χ4v) is 4.54. The lowest BCUT2D eigenvalue weighted by atomic mass is 10.2. The Hall–Kier alpha value is -1.42. The normalized spacial score (nSPS) is 14.8. The van der Waals surface area contributed by atoms with Gasteiger partial charge >= 0.3 is 17.9 Å². The molecule has 0 saturated carbocycles. The number of carboxylic acids is 4. The van der Waals surface area contributed by atoms with Gasteiger partial charge in [0.1, 0.15) is 0 Å². The van der Waals surface area contributed by atoms with E-state index in [9.17, 15) is 24.3 Å². The van der Waals surface area contributed by atoms with Gasteiger partial charge in [-0.1, -0.05) is 0 Å². The summed E-state index contributed by atoms with van der Waals surface area (Å²) in [7, 11) is -1.39. The minimum Gasteiger partial charge on any atom is -0.545 e. The lowest BCUT2D eigenvalue weighted by molar-refractivity contribution is -0.305. The molecular weight excluding hydrogens is 336 g/mol. The maximum atomic E-state index is 11.2. The van der Waals surface area contributed by atoms with Crippen LogP contribution >= 0.6 is 11.7 Å². The third kappa shape index (κ3) is 8.13. The van der Waals surface area contributed by atoms with Gasteiger partial charge in [-0.15, -0.1) is 0 Å². The highest BCUT2D eigenvalue weighted by Gasteiger charge is 2.41. The number of hydrogen-bond acceptors (Lipinski definition) is 6. The molecule has 0 aliphatic carbocycles. The zero-order chi connectivity index (χ0) is 17.3. The highest BCUT2D eigenvalue weighted by molar-refractivity contribution is 8.66. The Morgan fingerprint density at radius 1 is 0.909 bits per heavy atom. The van der Waals surface area contributed by atoms with Gasteiger partial charge in [-0.3, -0.25) is 9.59 Å². The van der Waals surface area contributed by atoms with Crippen molar-refractivity contribution in [3.8, 4) is 0 Å². The molecular formula is C12H18O8S2. The second kappa shape index (κ2) is 10.3. The molecule has 0 fully saturated rings. The van der Waals surface area contributed by atoms with Gasteiger partial charge < -0.3 is 25.2 Å². The largest absolute Gasteiger partial charge is 0.545 e. The minimum atomic E-state index is -1.48. The summed E-state index contributed by atoms with van der Waals surface area (Å²) in [6.45, 7) is 0. The molecule has 0 aliphatic heterocycles.